The third kappa shape index (κ3) is 2.69. The summed E-state index contributed by atoms with van der Waals surface area (Å²) in [5.74, 6) is 0. The Hall–Kier alpha value is -0.620. The Morgan fingerprint density at radius 3 is 2.13 bits per heavy atom. The van der Waals surface area contributed by atoms with E-state index in [1.807, 2.05) is 0 Å². The van der Waals surface area contributed by atoms with Crippen LogP contribution >= 0.6 is 23.2 Å². The lowest BCUT2D eigenvalue weighted by molar-refractivity contribution is -0.139. The van der Waals surface area contributed by atoms with E-state index in [4.69, 9.17) is 23.2 Å². The van der Waals surface area contributed by atoms with E-state index in [0.717, 1.165) is 0 Å². The Balaban J connectivity index is 3.48. The second-order valence-corrected chi connectivity index (χ2v) is 3.24. The molecule has 1 rings (SSSR count). The fraction of sp³-hybridized carbons (Fsp3) is 0.286. The van der Waals surface area contributed by atoms with Crippen molar-refractivity contribution in [3.8, 4) is 0 Å². The van der Waals surface area contributed by atoms with Gasteiger partial charge in [0.25, 0.3) is 6.43 Å². The number of halogens is 7. The molecule has 0 radical (unpaired) electrons. The summed E-state index contributed by atoms with van der Waals surface area (Å²) in [5, 5.41) is -1.59. The third-order valence-corrected chi connectivity index (χ3v) is 1.96. The van der Waals surface area contributed by atoms with Gasteiger partial charge in [0.1, 0.15) is 15.9 Å². The molecule has 0 aromatic carbocycles. The molecule has 0 N–H and O–H groups in total. The standard InChI is InChI=1S/C7H2Cl2F5N/c8-3-1-2(6(10)11)4(5(9)15-3)7(12,13)14/h1,6H. The number of hydrogen-bond acceptors (Lipinski definition) is 1. The van der Waals surface area contributed by atoms with Crippen LogP contribution < -0.4 is 0 Å². The van der Waals surface area contributed by atoms with E-state index in [0.29, 0.717) is 6.07 Å². The lowest BCUT2D eigenvalue weighted by Gasteiger charge is -2.13. The molecule has 0 amide bonds. The Kier molecular flexibility index (Phi) is 3.40. The molecular weight excluding hydrogens is 264 g/mol. The Bertz CT molecular complexity index is 376. The second-order valence-electron chi connectivity index (χ2n) is 2.50. The van der Waals surface area contributed by atoms with Gasteiger partial charge in [-0.25, -0.2) is 13.8 Å². The molecule has 0 aliphatic carbocycles. The first-order valence-electron chi connectivity index (χ1n) is 3.44. The predicted molar refractivity (Wildman–Crippen MR) is 44.2 cm³/mol. The molecule has 0 saturated heterocycles. The molecule has 1 nitrogen and oxygen atoms in total. The van der Waals surface area contributed by atoms with Crippen LogP contribution in [0.3, 0.4) is 0 Å². The number of aromatic nitrogens is 1. The lowest BCUT2D eigenvalue weighted by Crippen LogP contribution is -2.11. The maximum Gasteiger partial charge on any atom is 0.419 e. The number of pyridine rings is 1. The molecule has 0 spiro atoms. The average molecular weight is 266 g/mol. The molecule has 0 bridgehead atoms. The molecule has 0 atom stereocenters. The van der Waals surface area contributed by atoms with E-state index in [-0.39, 0.29) is 0 Å². The van der Waals surface area contributed by atoms with Crippen molar-refractivity contribution in [3.63, 3.8) is 0 Å². The van der Waals surface area contributed by atoms with Crippen molar-refractivity contribution < 1.29 is 22.0 Å². The van der Waals surface area contributed by atoms with Gasteiger partial charge < -0.3 is 0 Å². The van der Waals surface area contributed by atoms with E-state index in [2.05, 4.69) is 4.98 Å². The van der Waals surface area contributed by atoms with Crippen LogP contribution in [0.25, 0.3) is 0 Å². The molecule has 1 heterocycles. The van der Waals surface area contributed by atoms with E-state index in [9.17, 15) is 22.0 Å². The highest BCUT2D eigenvalue weighted by Crippen LogP contribution is 2.40. The predicted octanol–water partition coefficient (Wildman–Crippen LogP) is 4.34. The number of nitrogens with zero attached hydrogens (tertiary/aromatic N) is 1. The van der Waals surface area contributed by atoms with Gasteiger partial charge in [0, 0.05) is 5.56 Å². The van der Waals surface area contributed by atoms with Gasteiger partial charge in [-0.3, -0.25) is 0 Å². The maximum absolute atomic E-state index is 12.3. The molecular formula is C7H2Cl2F5N. The first-order valence-corrected chi connectivity index (χ1v) is 4.20. The molecule has 8 heteroatoms. The topological polar surface area (TPSA) is 12.9 Å². The van der Waals surface area contributed by atoms with Crippen LogP contribution in [-0.2, 0) is 6.18 Å². The summed E-state index contributed by atoms with van der Waals surface area (Å²) in [6, 6.07) is 0.445. The van der Waals surface area contributed by atoms with Gasteiger partial charge >= 0.3 is 6.18 Å². The van der Waals surface area contributed by atoms with Gasteiger partial charge in [-0.2, -0.15) is 13.2 Å². The summed E-state index contributed by atoms with van der Waals surface area (Å²) in [6.45, 7) is 0. The highest BCUT2D eigenvalue weighted by Gasteiger charge is 2.39. The van der Waals surface area contributed by atoms with E-state index < -0.39 is 34.0 Å². The van der Waals surface area contributed by atoms with E-state index in [1.165, 1.54) is 0 Å². The minimum absolute atomic E-state index is 0.445. The number of hydrogen-bond donors (Lipinski definition) is 0. The quantitative estimate of drug-likeness (QED) is 0.544. The molecule has 0 saturated carbocycles. The van der Waals surface area contributed by atoms with Crippen molar-refractivity contribution in [3.05, 3.63) is 27.5 Å². The van der Waals surface area contributed by atoms with Crippen molar-refractivity contribution in [2.75, 3.05) is 0 Å². The van der Waals surface area contributed by atoms with Gasteiger partial charge in [-0.05, 0) is 6.07 Å². The summed E-state index contributed by atoms with van der Waals surface area (Å²) in [7, 11) is 0. The normalized spacial score (nSPS) is 12.3. The molecule has 0 aliphatic heterocycles. The highest BCUT2D eigenvalue weighted by atomic mass is 35.5. The maximum atomic E-state index is 12.3. The molecule has 1 aromatic heterocycles. The summed E-state index contributed by atoms with van der Waals surface area (Å²) < 4.78 is 61.4. The van der Waals surface area contributed by atoms with Crippen LogP contribution in [-0.4, -0.2) is 4.98 Å². The van der Waals surface area contributed by atoms with Crippen molar-refractivity contribution >= 4 is 23.2 Å². The van der Waals surface area contributed by atoms with E-state index >= 15 is 0 Å². The van der Waals surface area contributed by atoms with Crippen LogP contribution in [0.15, 0.2) is 6.07 Å². The van der Waals surface area contributed by atoms with Crippen molar-refractivity contribution in [2.45, 2.75) is 12.6 Å². The molecule has 0 fully saturated rings. The summed E-state index contributed by atoms with van der Waals surface area (Å²) in [6.07, 6.45) is -8.31. The Morgan fingerprint density at radius 2 is 1.73 bits per heavy atom. The number of alkyl halides is 5. The van der Waals surface area contributed by atoms with E-state index in [1.54, 1.807) is 0 Å². The average Bonchev–Trinajstić information content (AvgIpc) is 1.99. The molecule has 15 heavy (non-hydrogen) atoms. The van der Waals surface area contributed by atoms with Gasteiger partial charge in [-0.1, -0.05) is 23.2 Å². The zero-order chi connectivity index (χ0) is 11.8. The van der Waals surface area contributed by atoms with Crippen LogP contribution in [0.2, 0.25) is 10.3 Å². The van der Waals surface area contributed by atoms with Crippen molar-refractivity contribution in [2.24, 2.45) is 0 Å². The summed E-state index contributed by atoms with van der Waals surface area (Å²) >= 11 is 10.3. The first-order chi connectivity index (χ1) is 6.73. The van der Waals surface area contributed by atoms with Gasteiger partial charge in [0.05, 0.1) is 0 Å². The van der Waals surface area contributed by atoms with Crippen molar-refractivity contribution in [1.82, 2.24) is 4.98 Å². The van der Waals surface area contributed by atoms with Gasteiger partial charge in [0.2, 0.25) is 0 Å². The Morgan fingerprint density at radius 1 is 1.20 bits per heavy atom. The summed E-state index contributed by atoms with van der Waals surface area (Å²) in [4.78, 5) is 3.06. The molecule has 84 valence electrons. The molecule has 1 aromatic rings. The van der Waals surface area contributed by atoms with Crippen LogP contribution in [0, 0.1) is 0 Å². The number of rotatable bonds is 1. The van der Waals surface area contributed by atoms with Crippen LogP contribution in [0.4, 0.5) is 22.0 Å². The summed E-state index contributed by atoms with van der Waals surface area (Å²) in [5.41, 5.74) is -2.92. The molecule has 0 unspecified atom stereocenters. The van der Waals surface area contributed by atoms with Crippen LogP contribution in [0.1, 0.15) is 17.6 Å². The largest absolute Gasteiger partial charge is 0.419 e. The zero-order valence-corrected chi connectivity index (χ0v) is 8.26. The third-order valence-electron chi connectivity index (χ3n) is 1.49. The minimum atomic E-state index is -4.99. The smallest absolute Gasteiger partial charge is 0.224 e. The fourth-order valence-corrected chi connectivity index (χ4v) is 1.51. The fourth-order valence-electron chi connectivity index (χ4n) is 0.954. The Labute approximate surface area is 90.8 Å². The SMILES string of the molecule is FC(F)c1cc(Cl)nc(Cl)c1C(F)(F)F. The molecule has 0 aliphatic rings. The lowest BCUT2D eigenvalue weighted by atomic mass is 10.1. The van der Waals surface area contributed by atoms with Gasteiger partial charge in [-0.15, -0.1) is 0 Å². The zero-order valence-electron chi connectivity index (χ0n) is 6.75. The van der Waals surface area contributed by atoms with Crippen LogP contribution in [0.5, 0.6) is 0 Å². The van der Waals surface area contributed by atoms with Crippen molar-refractivity contribution in [1.29, 1.82) is 0 Å². The monoisotopic (exact) mass is 265 g/mol. The second kappa shape index (κ2) is 4.09. The first kappa shape index (κ1) is 12.4. The highest BCUT2D eigenvalue weighted by molar-refractivity contribution is 6.33. The minimum Gasteiger partial charge on any atom is -0.224 e. The van der Waals surface area contributed by atoms with Gasteiger partial charge in [0.15, 0.2) is 0 Å².